The normalized spacial score (nSPS) is 15.3. The average molecular weight is 361 g/mol. The minimum Gasteiger partial charge on any atom is -0.465 e. The number of anilines is 1. The van der Waals surface area contributed by atoms with Gasteiger partial charge >= 0.3 is 5.97 Å². The molecule has 7 heteroatoms. The van der Waals surface area contributed by atoms with Crippen LogP contribution in [0, 0.1) is 0 Å². The Kier molecular flexibility index (Phi) is 4.18. The molecular formula is C20H15N3O4. The lowest BCUT2D eigenvalue weighted by atomic mass is 10.1. The van der Waals surface area contributed by atoms with E-state index in [9.17, 15) is 9.59 Å². The first-order valence-corrected chi connectivity index (χ1v) is 8.18. The van der Waals surface area contributed by atoms with Crippen LogP contribution in [0.1, 0.15) is 5.56 Å². The third-order valence-corrected chi connectivity index (χ3v) is 4.08. The number of H-pyrrole nitrogens is 1. The molecule has 27 heavy (non-hydrogen) atoms. The number of nitrogens with zero attached hydrogens (tertiary/aromatic N) is 1. The number of para-hydroxylation sites is 1. The van der Waals surface area contributed by atoms with Gasteiger partial charge in [-0.2, -0.15) is 0 Å². The predicted octanol–water partition coefficient (Wildman–Crippen LogP) is 3.00. The number of allylic oxidation sites excluding steroid dienone is 1. The monoisotopic (exact) mass is 361 g/mol. The van der Waals surface area contributed by atoms with Crippen LogP contribution in [0.3, 0.4) is 0 Å². The van der Waals surface area contributed by atoms with E-state index in [-0.39, 0.29) is 17.2 Å². The number of rotatable bonds is 4. The zero-order chi connectivity index (χ0) is 18.8. The second kappa shape index (κ2) is 6.80. The number of aromatic amines is 1. The number of carbonyl (C=O) groups is 2. The molecular weight excluding hydrogens is 346 g/mol. The molecule has 3 heterocycles. The summed E-state index contributed by atoms with van der Waals surface area (Å²) in [6.45, 7) is 0. The Labute approximate surface area is 154 Å². The highest BCUT2D eigenvalue weighted by Gasteiger charge is 2.36. The topological polar surface area (TPSA) is 93.3 Å². The van der Waals surface area contributed by atoms with Gasteiger partial charge in [0, 0.05) is 29.0 Å². The van der Waals surface area contributed by atoms with Crippen LogP contribution >= 0.6 is 0 Å². The molecule has 0 amide bonds. The number of Topliss-reactive ketones (excluding diaryl/α,β-unsaturated/α-hetero) is 1. The molecule has 2 aromatic heterocycles. The van der Waals surface area contributed by atoms with Crippen molar-refractivity contribution in [3.63, 3.8) is 0 Å². The fourth-order valence-electron chi connectivity index (χ4n) is 2.79. The van der Waals surface area contributed by atoms with Crippen molar-refractivity contribution in [2.24, 2.45) is 0 Å². The zero-order valence-corrected chi connectivity index (χ0v) is 14.4. The molecule has 3 aromatic rings. The van der Waals surface area contributed by atoms with Crippen LogP contribution in [0.2, 0.25) is 0 Å². The van der Waals surface area contributed by atoms with Gasteiger partial charge in [0.25, 0.3) is 0 Å². The molecule has 134 valence electrons. The number of methoxy groups -OCH3 is 1. The fraction of sp³-hybridized carbons (Fsp3) is 0.0500. The van der Waals surface area contributed by atoms with E-state index in [1.807, 2.05) is 24.3 Å². The summed E-state index contributed by atoms with van der Waals surface area (Å²) in [5, 5.41) is 3.80. The lowest BCUT2D eigenvalue weighted by Crippen LogP contribution is -2.14. The van der Waals surface area contributed by atoms with E-state index in [1.165, 1.54) is 7.11 Å². The number of fused-ring (bicyclic) bond motifs is 1. The Morgan fingerprint density at radius 2 is 2.04 bits per heavy atom. The number of nitrogens with one attached hydrogen (secondary N) is 2. The van der Waals surface area contributed by atoms with Crippen molar-refractivity contribution in [2.75, 3.05) is 12.4 Å². The summed E-state index contributed by atoms with van der Waals surface area (Å²) >= 11 is 0. The molecule has 1 aliphatic heterocycles. The molecule has 0 unspecified atom stereocenters. The molecule has 0 radical (unpaired) electrons. The zero-order valence-electron chi connectivity index (χ0n) is 14.4. The molecule has 1 aliphatic rings. The van der Waals surface area contributed by atoms with E-state index in [2.05, 4.69) is 15.3 Å². The molecule has 0 atom stereocenters. The minimum atomic E-state index is -0.762. The van der Waals surface area contributed by atoms with Gasteiger partial charge in [0.2, 0.25) is 11.7 Å². The van der Waals surface area contributed by atoms with Crippen LogP contribution in [0.15, 0.2) is 72.1 Å². The minimum absolute atomic E-state index is 0.0265. The van der Waals surface area contributed by atoms with E-state index < -0.39 is 11.8 Å². The van der Waals surface area contributed by atoms with Gasteiger partial charge in [-0.1, -0.05) is 18.2 Å². The number of ether oxygens (including phenoxy) is 2. The number of hydrogen-bond donors (Lipinski definition) is 2. The van der Waals surface area contributed by atoms with E-state index >= 15 is 0 Å². The van der Waals surface area contributed by atoms with Crippen LogP contribution in [-0.2, 0) is 19.1 Å². The Morgan fingerprint density at radius 3 is 2.81 bits per heavy atom. The van der Waals surface area contributed by atoms with Gasteiger partial charge in [-0.25, -0.2) is 9.78 Å². The number of esters is 1. The Hall–Kier alpha value is -3.87. The highest BCUT2D eigenvalue weighted by atomic mass is 16.5. The lowest BCUT2D eigenvalue weighted by Gasteiger charge is -2.08. The molecule has 4 rings (SSSR count). The summed E-state index contributed by atoms with van der Waals surface area (Å²) in [6.07, 6.45) is 4.97. The van der Waals surface area contributed by atoms with Crippen molar-refractivity contribution >= 4 is 34.5 Å². The molecule has 7 nitrogen and oxygen atoms in total. The van der Waals surface area contributed by atoms with Crippen molar-refractivity contribution < 1.29 is 19.1 Å². The summed E-state index contributed by atoms with van der Waals surface area (Å²) in [7, 11) is 1.22. The van der Waals surface area contributed by atoms with Crippen LogP contribution in [0.5, 0.6) is 0 Å². The lowest BCUT2D eigenvalue weighted by molar-refractivity contribution is -0.137. The molecule has 0 saturated carbocycles. The molecule has 0 fully saturated rings. The van der Waals surface area contributed by atoms with E-state index in [0.717, 1.165) is 10.9 Å². The number of aromatic nitrogens is 2. The van der Waals surface area contributed by atoms with Gasteiger partial charge in [0.05, 0.1) is 7.11 Å². The molecule has 0 saturated heterocycles. The smallest absolute Gasteiger partial charge is 0.347 e. The van der Waals surface area contributed by atoms with E-state index in [0.29, 0.717) is 11.3 Å². The van der Waals surface area contributed by atoms with Crippen molar-refractivity contribution in [1.82, 2.24) is 9.97 Å². The summed E-state index contributed by atoms with van der Waals surface area (Å²) in [4.78, 5) is 32.1. The SMILES string of the molecule is COC(=O)C1=C(Nc2ccccc2)OC(=Cc2c[nH]c3ncccc23)C1=O. The number of ketones is 1. The van der Waals surface area contributed by atoms with Gasteiger partial charge in [-0.15, -0.1) is 0 Å². The van der Waals surface area contributed by atoms with Gasteiger partial charge in [0.1, 0.15) is 5.65 Å². The highest BCUT2D eigenvalue weighted by molar-refractivity contribution is 6.26. The maximum absolute atomic E-state index is 12.8. The molecule has 1 aromatic carbocycles. The average Bonchev–Trinajstić information content (AvgIpc) is 3.24. The molecule has 2 N–H and O–H groups in total. The fourth-order valence-corrected chi connectivity index (χ4v) is 2.79. The second-order valence-corrected chi connectivity index (χ2v) is 5.77. The Bertz CT molecular complexity index is 1100. The van der Waals surface area contributed by atoms with Crippen LogP contribution < -0.4 is 5.32 Å². The van der Waals surface area contributed by atoms with Gasteiger partial charge in [-0.3, -0.25) is 4.79 Å². The standard InChI is InChI=1S/C20H15N3O4/c1-26-20(25)16-17(24)15(27-19(16)23-13-6-3-2-4-7-13)10-12-11-22-18-14(12)8-5-9-21-18/h2-11,23H,1H3,(H,21,22). The second-order valence-electron chi connectivity index (χ2n) is 5.77. The van der Waals surface area contributed by atoms with Crippen LogP contribution in [-0.4, -0.2) is 28.8 Å². The number of carbonyl (C=O) groups excluding carboxylic acids is 2. The van der Waals surface area contributed by atoms with Crippen molar-refractivity contribution in [3.8, 4) is 0 Å². The first-order chi connectivity index (χ1) is 13.2. The first kappa shape index (κ1) is 16.6. The Balaban J connectivity index is 1.71. The van der Waals surface area contributed by atoms with E-state index in [4.69, 9.17) is 9.47 Å². The maximum atomic E-state index is 12.8. The number of hydrogen-bond acceptors (Lipinski definition) is 6. The van der Waals surface area contributed by atoms with Crippen LogP contribution in [0.4, 0.5) is 5.69 Å². The largest absolute Gasteiger partial charge is 0.465 e. The molecule has 0 bridgehead atoms. The quantitative estimate of drug-likeness (QED) is 0.422. The number of pyridine rings is 1. The van der Waals surface area contributed by atoms with Gasteiger partial charge < -0.3 is 19.8 Å². The molecule has 0 spiro atoms. The third-order valence-electron chi connectivity index (χ3n) is 4.08. The van der Waals surface area contributed by atoms with E-state index in [1.54, 1.807) is 36.7 Å². The Morgan fingerprint density at radius 1 is 1.22 bits per heavy atom. The molecule has 0 aliphatic carbocycles. The third kappa shape index (κ3) is 3.06. The van der Waals surface area contributed by atoms with Crippen molar-refractivity contribution in [3.05, 3.63) is 77.6 Å². The van der Waals surface area contributed by atoms with Gasteiger partial charge in [0.15, 0.2) is 11.3 Å². The summed E-state index contributed by atoms with van der Waals surface area (Å²) in [5.41, 5.74) is 1.93. The van der Waals surface area contributed by atoms with Crippen molar-refractivity contribution in [2.45, 2.75) is 0 Å². The summed E-state index contributed by atoms with van der Waals surface area (Å²) < 4.78 is 10.4. The first-order valence-electron chi connectivity index (χ1n) is 8.18. The summed E-state index contributed by atoms with van der Waals surface area (Å²) in [6, 6.07) is 12.8. The predicted molar refractivity (Wildman–Crippen MR) is 99.3 cm³/mol. The van der Waals surface area contributed by atoms with Crippen molar-refractivity contribution in [1.29, 1.82) is 0 Å². The highest BCUT2D eigenvalue weighted by Crippen LogP contribution is 2.30. The number of benzene rings is 1. The van der Waals surface area contributed by atoms with Crippen LogP contribution in [0.25, 0.3) is 17.1 Å². The maximum Gasteiger partial charge on any atom is 0.347 e. The summed E-state index contributed by atoms with van der Waals surface area (Å²) in [5.74, 6) is -1.23. The van der Waals surface area contributed by atoms with Gasteiger partial charge in [-0.05, 0) is 30.3 Å².